The highest BCUT2D eigenvalue weighted by Crippen LogP contribution is 2.44. The lowest BCUT2D eigenvalue weighted by Crippen LogP contribution is -2.44. The van der Waals surface area contributed by atoms with E-state index >= 15 is 0 Å². The quantitative estimate of drug-likeness (QED) is 0.624. The number of hydrogen-bond acceptors (Lipinski definition) is 3. The Balaban J connectivity index is 2.73. The molecule has 0 radical (unpaired) electrons. The van der Waals surface area contributed by atoms with Gasteiger partial charge < -0.3 is 10.0 Å². The third-order valence-corrected chi connectivity index (χ3v) is 5.33. The van der Waals surface area contributed by atoms with Gasteiger partial charge in [0.25, 0.3) is 0 Å². The molecule has 17 heavy (non-hydrogen) atoms. The Bertz CT molecular complexity index is 289. The molecule has 1 aliphatic rings. The Morgan fingerprint density at radius 2 is 2.06 bits per heavy atom. The SMILES string of the molecule is CC(C)(O)C1SC(C)(C)N(CCCCBr)C1=O. The fourth-order valence-electron chi connectivity index (χ4n) is 2.00. The number of thioether (sulfide) groups is 1. The van der Waals surface area contributed by atoms with Gasteiger partial charge in [0.1, 0.15) is 5.25 Å². The highest BCUT2D eigenvalue weighted by atomic mass is 79.9. The number of amides is 1. The van der Waals surface area contributed by atoms with Crippen LogP contribution in [0.1, 0.15) is 40.5 Å². The number of nitrogens with zero attached hydrogens (tertiary/aromatic N) is 1. The fraction of sp³-hybridized carbons (Fsp3) is 0.917. The van der Waals surface area contributed by atoms with E-state index in [-0.39, 0.29) is 16.0 Å². The molecule has 5 heteroatoms. The molecule has 0 aliphatic carbocycles. The lowest BCUT2D eigenvalue weighted by atomic mass is 10.0. The third kappa shape index (κ3) is 3.61. The Hall–Kier alpha value is 0.260. The molecule has 1 unspecified atom stereocenters. The molecule has 0 aromatic carbocycles. The average Bonchev–Trinajstić information content (AvgIpc) is 2.40. The first-order valence-corrected chi connectivity index (χ1v) is 7.98. The second-order valence-corrected chi connectivity index (χ2v) is 7.98. The van der Waals surface area contributed by atoms with E-state index in [1.165, 1.54) is 0 Å². The van der Waals surface area contributed by atoms with Crippen molar-refractivity contribution in [2.45, 2.75) is 56.3 Å². The summed E-state index contributed by atoms with van der Waals surface area (Å²) in [4.78, 5) is 14.0. The second kappa shape index (κ2) is 5.49. The highest BCUT2D eigenvalue weighted by molar-refractivity contribution is 9.09. The van der Waals surface area contributed by atoms with E-state index in [1.807, 2.05) is 4.90 Å². The minimum absolute atomic E-state index is 0.0714. The van der Waals surface area contributed by atoms with Crippen LogP contribution in [0.3, 0.4) is 0 Å². The molecule has 100 valence electrons. The van der Waals surface area contributed by atoms with E-state index in [0.717, 1.165) is 24.7 Å². The van der Waals surface area contributed by atoms with Crippen molar-refractivity contribution in [1.29, 1.82) is 0 Å². The monoisotopic (exact) mass is 323 g/mol. The van der Waals surface area contributed by atoms with Crippen LogP contribution in [-0.2, 0) is 4.79 Å². The molecular weight excluding hydrogens is 302 g/mol. The normalized spacial score (nSPS) is 24.5. The van der Waals surface area contributed by atoms with Gasteiger partial charge in [-0.2, -0.15) is 0 Å². The summed E-state index contributed by atoms with van der Waals surface area (Å²) in [5.41, 5.74) is -0.955. The molecule has 1 saturated heterocycles. The second-order valence-electron chi connectivity index (χ2n) is 5.48. The molecule has 0 aromatic rings. The number of carbonyl (C=O) groups is 1. The van der Waals surface area contributed by atoms with E-state index in [0.29, 0.717) is 0 Å². The molecule has 0 bridgehead atoms. The van der Waals surface area contributed by atoms with Gasteiger partial charge in [-0.25, -0.2) is 0 Å². The zero-order valence-electron chi connectivity index (χ0n) is 11.0. The summed E-state index contributed by atoms with van der Waals surface area (Å²) in [5, 5.41) is 10.7. The Morgan fingerprint density at radius 3 is 2.47 bits per heavy atom. The van der Waals surface area contributed by atoms with Gasteiger partial charge in [-0.1, -0.05) is 15.9 Å². The standard InChI is InChI=1S/C12H22BrNO2S/c1-11(2,16)9-10(15)14(8-6-5-7-13)12(3,4)17-9/h9,16H,5-8H2,1-4H3. The molecule has 1 fully saturated rings. The first kappa shape index (κ1) is 15.3. The number of halogens is 1. The van der Waals surface area contributed by atoms with Crippen LogP contribution in [0.5, 0.6) is 0 Å². The Kier molecular flexibility index (Phi) is 4.95. The van der Waals surface area contributed by atoms with Crippen molar-refractivity contribution in [3.05, 3.63) is 0 Å². The van der Waals surface area contributed by atoms with Crippen molar-refractivity contribution in [1.82, 2.24) is 4.90 Å². The molecule has 3 nitrogen and oxygen atoms in total. The summed E-state index contributed by atoms with van der Waals surface area (Å²) < 4.78 is 0. The molecule has 0 aromatic heterocycles. The zero-order chi connectivity index (χ0) is 13.3. The largest absolute Gasteiger partial charge is 0.389 e. The maximum Gasteiger partial charge on any atom is 0.239 e. The van der Waals surface area contributed by atoms with Crippen LogP contribution >= 0.6 is 27.7 Å². The van der Waals surface area contributed by atoms with Gasteiger partial charge in [0.05, 0.1) is 10.5 Å². The molecule has 1 rings (SSSR count). The Labute approximate surface area is 116 Å². The smallest absolute Gasteiger partial charge is 0.239 e. The molecule has 1 atom stereocenters. The number of alkyl halides is 1. The number of hydrogen-bond donors (Lipinski definition) is 1. The van der Waals surface area contributed by atoms with Crippen LogP contribution in [0.25, 0.3) is 0 Å². The third-order valence-electron chi connectivity index (χ3n) is 2.95. The minimum atomic E-state index is -0.955. The molecule has 0 spiro atoms. The van der Waals surface area contributed by atoms with Crippen molar-refractivity contribution in [2.24, 2.45) is 0 Å². The maximum atomic E-state index is 12.3. The van der Waals surface area contributed by atoms with Crippen molar-refractivity contribution >= 4 is 33.6 Å². The molecule has 1 aliphatic heterocycles. The van der Waals surface area contributed by atoms with Gasteiger partial charge in [0.2, 0.25) is 5.91 Å². The first-order valence-electron chi connectivity index (χ1n) is 5.98. The number of unbranched alkanes of at least 4 members (excludes halogenated alkanes) is 1. The van der Waals surface area contributed by atoms with Crippen molar-refractivity contribution in [3.8, 4) is 0 Å². The predicted octanol–water partition coefficient (Wildman–Crippen LogP) is 2.61. The van der Waals surface area contributed by atoms with E-state index in [1.54, 1.807) is 25.6 Å². The summed E-state index contributed by atoms with van der Waals surface area (Å²) in [6.45, 7) is 8.29. The van der Waals surface area contributed by atoms with Crippen LogP contribution in [0.4, 0.5) is 0 Å². The minimum Gasteiger partial charge on any atom is -0.389 e. The van der Waals surface area contributed by atoms with E-state index < -0.39 is 5.60 Å². The van der Waals surface area contributed by atoms with Crippen LogP contribution in [-0.4, -0.2) is 43.5 Å². The summed E-state index contributed by atoms with van der Waals surface area (Å²) in [6.07, 6.45) is 2.07. The highest BCUT2D eigenvalue weighted by Gasteiger charge is 2.50. The maximum absolute atomic E-state index is 12.3. The van der Waals surface area contributed by atoms with E-state index in [9.17, 15) is 9.90 Å². The summed E-state index contributed by atoms with van der Waals surface area (Å²) >= 11 is 4.96. The van der Waals surface area contributed by atoms with Gasteiger partial charge >= 0.3 is 0 Å². The van der Waals surface area contributed by atoms with Crippen molar-refractivity contribution < 1.29 is 9.90 Å². The van der Waals surface area contributed by atoms with Gasteiger partial charge in [0.15, 0.2) is 0 Å². The van der Waals surface area contributed by atoms with Crippen LogP contribution in [0.15, 0.2) is 0 Å². The molecule has 0 saturated carbocycles. The van der Waals surface area contributed by atoms with Gasteiger partial charge in [0, 0.05) is 11.9 Å². The first-order chi connectivity index (χ1) is 7.70. The average molecular weight is 324 g/mol. The number of aliphatic hydroxyl groups is 1. The van der Waals surface area contributed by atoms with Crippen molar-refractivity contribution in [3.63, 3.8) is 0 Å². The summed E-state index contributed by atoms with van der Waals surface area (Å²) in [5.74, 6) is 0.0714. The fourth-order valence-corrected chi connectivity index (χ4v) is 3.80. The van der Waals surface area contributed by atoms with Crippen LogP contribution in [0.2, 0.25) is 0 Å². The summed E-state index contributed by atoms with van der Waals surface area (Å²) in [6, 6.07) is 0. The molecule has 1 heterocycles. The number of carbonyl (C=O) groups excluding carboxylic acids is 1. The van der Waals surface area contributed by atoms with Crippen LogP contribution < -0.4 is 0 Å². The Morgan fingerprint density at radius 1 is 1.47 bits per heavy atom. The number of rotatable bonds is 5. The van der Waals surface area contributed by atoms with E-state index in [2.05, 4.69) is 29.8 Å². The lowest BCUT2D eigenvalue weighted by Gasteiger charge is -2.30. The van der Waals surface area contributed by atoms with Crippen LogP contribution in [0, 0.1) is 0 Å². The zero-order valence-corrected chi connectivity index (χ0v) is 13.4. The van der Waals surface area contributed by atoms with Crippen molar-refractivity contribution in [2.75, 3.05) is 11.9 Å². The molecule has 1 N–H and O–H groups in total. The molecular formula is C12H22BrNO2S. The van der Waals surface area contributed by atoms with Gasteiger partial charge in [-0.05, 0) is 40.5 Å². The predicted molar refractivity (Wildman–Crippen MR) is 76.5 cm³/mol. The van der Waals surface area contributed by atoms with Gasteiger partial charge in [-0.3, -0.25) is 4.79 Å². The molecule has 1 amide bonds. The topological polar surface area (TPSA) is 40.5 Å². The van der Waals surface area contributed by atoms with E-state index in [4.69, 9.17) is 0 Å². The summed E-state index contributed by atoms with van der Waals surface area (Å²) in [7, 11) is 0. The lowest BCUT2D eigenvalue weighted by molar-refractivity contribution is -0.134. The van der Waals surface area contributed by atoms with Gasteiger partial charge in [-0.15, -0.1) is 11.8 Å².